The van der Waals surface area contributed by atoms with Crippen LogP contribution in [0.3, 0.4) is 0 Å². The van der Waals surface area contributed by atoms with Gasteiger partial charge >= 0.3 is 0 Å². The molecular weight excluding hydrogens is 292 g/mol. The zero-order valence-corrected chi connectivity index (χ0v) is 12.7. The second-order valence-electron chi connectivity index (χ2n) is 5.48. The molecule has 1 amide bonds. The lowest BCUT2D eigenvalue weighted by atomic mass is 10.1. The van der Waals surface area contributed by atoms with Crippen molar-refractivity contribution in [2.45, 2.75) is 0 Å². The average Bonchev–Trinajstić information content (AvgIpc) is 2.96. The van der Waals surface area contributed by atoms with Gasteiger partial charge in [0.25, 0.3) is 5.91 Å². The quantitative estimate of drug-likeness (QED) is 0.791. The molecule has 1 aliphatic rings. The van der Waals surface area contributed by atoms with E-state index in [1.807, 2.05) is 54.2 Å². The number of aromatic nitrogens is 1. The largest absolute Gasteiger partial charge is 0.486 e. The molecular formula is C18H16N2O3. The number of aryl methyl sites for hydroxylation is 1. The van der Waals surface area contributed by atoms with E-state index in [2.05, 4.69) is 5.32 Å². The van der Waals surface area contributed by atoms with Gasteiger partial charge in [0.05, 0.1) is 0 Å². The van der Waals surface area contributed by atoms with E-state index in [0.717, 1.165) is 10.9 Å². The van der Waals surface area contributed by atoms with Gasteiger partial charge < -0.3 is 19.4 Å². The summed E-state index contributed by atoms with van der Waals surface area (Å²) in [7, 11) is 1.96. The maximum atomic E-state index is 12.6. The maximum absolute atomic E-state index is 12.6. The fourth-order valence-corrected chi connectivity index (χ4v) is 2.82. The number of hydrogen-bond donors (Lipinski definition) is 1. The molecule has 5 nitrogen and oxygen atoms in total. The van der Waals surface area contributed by atoms with Crippen molar-refractivity contribution < 1.29 is 14.3 Å². The van der Waals surface area contributed by atoms with Crippen molar-refractivity contribution in [1.82, 2.24) is 4.57 Å². The van der Waals surface area contributed by atoms with Crippen molar-refractivity contribution in [1.29, 1.82) is 0 Å². The summed E-state index contributed by atoms with van der Waals surface area (Å²) in [6, 6.07) is 13.1. The predicted octanol–water partition coefficient (Wildman–Crippen LogP) is 3.20. The Hall–Kier alpha value is -2.95. The van der Waals surface area contributed by atoms with Crippen molar-refractivity contribution in [3.05, 3.63) is 54.2 Å². The smallest absolute Gasteiger partial charge is 0.256 e. The van der Waals surface area contributed by atoms with Crippen molar-refractivity contribution in [3.8, 4) is 11.5 Å². The zero-order valence-electron chi connectivity index (χ0n) is 12.7. The second kappa shape index (κ2) is 5.35. The minimum atomic E-state index is -0.140. The summed E-state index contributed by atoms with van der Waals surface area (Å²) in [5, 5.41) is 3.86. The third-order valence-corrected chi connectivity index (χ3v) is 3.97. The summed E-state index contributed by atoms with van der Waals surface area (Å²) in [5.74, 6) is 1.23. The number of nitrogens with one attached hydrogen (secondary N) is 1. The first-order valence-electron chi connectivity index (χ1n) is 7.47. The lowest BCUT2D eigenvalue weighted by Gasteiger charge is -2.19. The number of carbonyl (C=O) groups is 1. The highest BCUT2D eigenvalue weighted by Crippen LogP contribution is 2.33. The number of anilines is 1. The predicted molar refractivity (Wildman–Crippen MR) is 88.3 cm³/mol. The monoisotopic (exact) mass is 308 g/mol. The molecule has 0 aliphatic carbocycles. The minimum Gasteiger partial charge on any atom is -0.486 e. The first kappa shape index (κ1) is 13.7. The maximum Gasteiger partial charge on any atom is 0.256 e. The van der Waals surface area contributed by atoms with E-state index in [4.69, 9.17) is 9.47 Å². The van der Waals surface area contributed by atoms with Gasteiger partial charge in [-0.25, -0.2) is 0 Å². The molecule has 1 N–H and O–H groups in total. The number of nitrogens with zero attached hydrogens (tertiary/aromatic N) is 1. The third-order valence-electron chi connectivity index (χ3n) is 3.97. The number of amides is 1. The molecule has 3 aromatic rings. The van der Waals surface area contributed by atoms with Crippen LogP contribution < -0.4 is 14.8 Å². The molecule has 2 aromatic carbocycles. The van der Waals surface area contributed by atoms with Crippen LogP contribution in [-0.2, 0) is 7.05 Å². The molecule has 0 saturated carbocycles. The van der Waals surface area contributed by atoms with Crippen molar-refractivity contribution in [3.63, 3.8) is 0 Å². The second-order valence-corrected chi connectivity index (χ2v) is 5.48. The standard InChI is InChI=1S/C18H16N2O3/c1-20-8-7-13-14(3-2-4-15(13)20)18(21)19-12-5-6-16-17(11-12)23-10-9-22-16/h2-8,11H,9-10H2,1H3,(H,19,21). The molecule has 0 radical (unpaired) electrons. The highest BCUT2D eigenvalue weighted by Gasteiger charge is 2.15. The van der Waals surface area contributed by atoms with Crippen molar-refractivity contribution in [2.24, 2.45) is 7.05 Å². The number of rotatable bonds is 2. The van der Waals surface area contributed by atoms with E-state index >= 15 is 0 Å². The van der Waals surface area contributed by atoms with Gasteiger partial charge in [-0.05, 0) is 30.3 Å². The van der Waals surface area contributed by atoms with Crippen LogP contribution in [0.4, 0.5) is 5.69 Å². The molecule has 116 valence electrons. The van der Waals surface area contributed by atoms with Crippen LogP contribution in [0.5, 0.6) is 11.5 Å². The van der Waals surface area contributed by atoms with Crippen molar-refractivity contribution in [2.75, 3.05) is 18.5 Å². The Morgan fingerprint density at radius 2 is 1.91 bits per heavy atom. The van der Waals surface area contributed by atoms with Crippen LogP contribution in [0.25, 0.3) is 10.9 Å². The molecule has 4 rings (SSSR count). The van der Waals surface area contributed by atoms with E-state index in [-0.39, 0.29) is 5.91 Å². The number of benzene rings is 2. The summed E-state index contributed by atoms with van der Waals surface area (Å²) in [6.45, 7) is 1.07. The number of fused-ring (bicyclic) bond motifs is 2. The van der Waals surface area contributed by atoms with Gasteiger partial charge in [-0.3, -0.25) is 4.79 Å². The molecule has 0 fully saturated rings. The van der Waals surface area contributed by atoms with E-state index in [0.29, 0.717) is 36.0 Å². The van der Waals surface area contributed by atoms with Crippen LogP contribution in [0.15, 0.2) is 48.7 Å². The van der Waals surface area contributed by atoms with E-state index in [9.17, 15) is 4.79 Å². The molecule has 0 unspecified atom stereocenters. The molecule has 23 heavy (non-hydrogen) atoms. The molecule has 1 aromatic heterocycles. The van der Waals surface area contributed by atoms with Crippen LogP contribution >= 0.6 is 0 Å². The van der Waals surface area contributed by atoms with Gasteiger partial charge in [0, 0.05) is 41.5 Å². The molecule has 0 atom stereocenters. The van der Waals surface area contributed by atoms with Gasteiger partial charge in [0.1, 0.15) is 13.2 Å². The fraction of sp³-hybridized carbons (Fsp3) is 0.167. The summed E-state index contributed by atoms with van der Waals surface area (Å²) in [6.07, 6.45) is 1.95. The summed E-state index contributed by atoms with van der Waals surface area (Å²) < 4.78 is 13.0. The summed E-state index contributed by atoms with van der Waals surface area (Å²) in [4.78, 5) is 12.6. The summed E-state index contributed by atoms with van der Waals surface area (Å²) >= 11 is 0. The van der Waals surface area contributed by atoms with E-state index < -0.39 is 0 Å². The first-order chi connectivity index (χ1) is 11.2. The third kappa shape index (κ3) is 2.40. The number of hydrogen-bond acceptors (Lipinski definition) is 3. The van der Waals surface area contributed by atoms with E-state index in [1.54, 1.807) is 6.07 Å². The first-order valence-corrected chi connectivity index (χ1v) is 7.47. The zero-order chi connectivity index (χ0) is 15.8. The Labute approximate surface area is 133 Å². The fourth-order valence-electron chi connectivity index (χ4n) is 2.82. The Kier molecular flexibility index (Phi) is 3.19. The lowest BCUT2D eigenvalue weighted by Crippen LogP contribution is -2.16. The van der Waals surface area contributed by atoms with Gasteiger partial charge in [0.15, 0.2) is 11.5 Å². The van der Waals surface area contributed by atoms with Gasteiger partial charge in [0.2, 0.25) is 0 Å². The van der Waals surface area contributed by atoms with Gasteiger partial charge in [-0.15, -0.1) is 0 Å². The highest BCUT2D eigenvalue weighted by molar-refractivity contribution is 6.12. The molecule has 1 aliphatic heterocycles. The average molecular weight is 308 g/mol. The van der Waals surface area contributed by atoms with Crippen LogP contribution in [0, 0.1) is 0 Å². The number of ether oxygens (including phenoxy) is 2. The normalized spacial score (nSPS) is 13.1. The Morgan fingerprint density at radius 3 is 2.78 bits per heavy atom. The lowest BCUT2D eigenvalue weighted by molar-refractivity contribution is 0.102. The Bertz CT molecular complexity index is 898. The Balaban J connectivity index is 1.64. The Morgan fingerprint density at radius 1 is 1.09 bits per heavy atom. The minimum absolute atomic E-state index is 0.140. The van der Waals surface area contributed by atoms with Crippen molar-refractivity contribution >= 4 is 22.5 Å². The highest BCUT2D eigenvalue weighted by atomic mass is 16.6. The molecule has 5 heteroatoms. The van der Waals surface area contributed by atoms with Gasteiger partial charge in [-0.1, -0.05) is 6.07 Å². The SMILES string of the molecule is Cn1ccc2c(C(=O)Nc3ccc4c(c3)OCCO4)cccc21. The molecule has 0 bridgehead atoms. The van der Waals surface area contributed by atoms with Gasteiger partial charge in [-0.2, -0.15) is 0 Å². The van der Waals surface area contributed by atoms with E-state index in [1.165, 1.54) is 0 Å². The number of carbonyl (C=O) groups excluding carboxylic acids is 1. The molecule has 2 heterocycles. The topological polar surface area (TPSA) is 52.5 Å². The molecule has 0 spiro atoms. The van der Waals surface area contributed by atoms with Crippen LogP contribution in [-0.4, -0.2) is 23.7 Å². The summed E-state index contributed by atoms with van der Waals surface area (Å²) in [5.41, 5.74) is 2.37. The molecule has 0 saturated heterocycles. The van der Waals surface area contributed by atoms with Crippen LogP contribution in [0.1, 0.15) is 10.4 Å². The van der Waals surface area contributed by atoms with Crippen LogP contribution in [0.2, 0.25) is 0 Å².